The molecule has 2 aromatic heterocycles. The number of nitrogen functional groups attached to an aromatic ring is 1. The van der Waals surface area contributed by atoms with E-state index in [1.54, 1.807) is 6.07 Å². The quantitative estimate of drug-likeness (QED) is 0.459. The first-order chi connectivity index (χ1) is 6.16. The number of hydrogen-bond acceptors (Lipinski definition) is 4. The molecule has 0 radical (unpaired) electrons. The molecule has 2 aromatic rings. The Bertz CT molecular complexity index is 568. The number of nitrogens with two attached hydrogens (primary N) is 1. The standard InChI is InChI=1S/C7H6N4O2/c8-4-2-1-3-5(10-4)11-7(13)6(12)9-3/h1-2H,(H,9,12)(H3,8,10,11,13). The first-order valence-corrected chi connectivity index (χ1v) is 3.55. The number of anilines is 1. The molecule has 0 atom stereocenters. The Labute approximate surface area is 71.4 Å². The van der Waals surface area contributed by atoms with Gasteiger partial charge in [0, 0.05) is 0 Å². The van der Waals surface area contributed by atoms with Gasteiger partial charge in [-0.25, -0.2) is 4.98 Å². The summed E-state index contributed by atoms with van der Waals surface area (Å²) in [6, 6.07) is 3.12. The van der Waals surface area contributed by atoms with Gasteiger partial charge in [0.2, 0.25) is 0 Å². The van der Waals surface area contributed by atoms with Crippen molar-refractivity contribution in [1.82, 2.24) is 15.0 Å². The van der Waals surface area contributed by atoms with Crippen LogP contribution in [0.2, 0.25) is 0 Å². The third-order valence-electron chi connectivity index (χ3n) is 1.60. The van der Waals surface area contributed by atoms with Gasteiger partial charge in [-0.1, -0.05) is 0 Å². The fourth-order valence-electron chi connectivity index (χ4n) is 1.01. The zero-order chi connectivity index (χ0) is 9.42. The van der Waals surface area contributed by atoms with Crippen molar-refractivity contribution < 1.29 is 0 Å². The summed E-state index contributed by atoms with van der Waals surface area (Å²) in [4.78, 5) is 30.2. The lowest BCUT2D eigenvalue weighted by Gasteiger charge is -1.96. The number of H-pyrrole nitrogens is 2. The van der Waals surface area contributed by atoms with E-state index in [9.17, 15) is 9.59 Å². The van der Waals surface area contributed by atoms with E-state index in [2.05, 4.69) is 15.0 Å². The van der Waals surface area contributed by atoms with Crippen molar-refractivity contribution in [2.45, 2.75) is 0 Å². The highest BCUT2D eigenvalue weighted by molar-refractivity contribution is 5.70. The molecule has 2 rings (SSSR count). The first kappa shape index (κ1) is 7.53. The first-order valence-electron chi connectivity index (χ1n) is 3.55. The van der Waals surface area contributed by atoms with Crippen LogP contribution in [0, 0.1) is 0 Å². The average Bonchev–Trinajstić information content (AvgIpc) is 2.08. The lowest BCUT2D eigenvalue weighted by Crippen LogP contribution is -2.29. The Hall–Kier alpha value is -2.11. The van der Waals surface area contributed by atoms with E-state index in [4.69, 9.17) is 5.73 Å². The van der Waals surface area contributed by atoms with Crippen LogP contribution >= 0.6 is 0 Å². The van der Waals surface area contributed by atoms with Gasteiger partial charge in [-0.15, -0.1) is 0 Å². The third kappa shape index (κ3) is 1.18. The highest BCUT2D eigenvalue weighted by Gasteiger charge is 1.99. The fourth-order valence-corrected chi connectivity index (χ4v) is 1.01. The second-order valence-corrected chi connectivity index (χ2v) is 2.54. The molecule has 0 fully saturated rings. The molecule has 0 saturated heterocycles. The van der Waals surface area contributed by atoms with Gasteiger partial charge >= 0.3 is 11.1 Å². The molecule has 0 unspecified atom stereocenters. The molecule has 0 aliphatic heterocycles. The normalized spacial score (nSPS) is 10.5. The third-order valence-corrected chi connectivity index (χ3v) is 1.60. The molecule has 6 nitrogen and oxygen atoms in total. The summed E-state index contributed by atoms with van der Waals surface area (Å²) in [6.45, 7) is 0. The number of rotatable bonds is 0. The Morgan fingerprint density at radius 1 is 1.15 bits per heavy atom. The zero-order valence-electron chi connectivity index (χ0n) is 6.50. The number of aromatic nitrogens is 3. The highest BCUT2D eigenvalue weighted by atomic mass is 16.2. The van der Waals surface area contributed by atoms with Crippen LogP contribution in [0.1, 0.15) is 0 Å². The van der Waals surface area contributed by atoms with Crippen LogP contribution < -0.4 is 16.9 Å². The maximum Gasteiger partial charge on any atom is 0.315 e. The van der Waals surface area contributed by atoms with E-state index in [1.807, 2.05) is 0 Å². The van der Waals surface area contributed by atoms with Crippen molar-refractivity contribution in [3.63, 3.8) is 0 Å². The SMILES string of the molecule is Nc1ccc2[nH]c(=O)c(=O)[nH]c2n1. The van der Waals surface area contributed by atoms with Crippen LogP contribution in [-0.2, 0) is 0 Å². The second kappa shape index (κ2) is 2.44. The van der Waals surface area contributed by atoms with Gasteiger partial charge in [0.15, 0.2) is 5.65 Å². The lowest BCUT2D eigenvalue weighted by molar-refractivity contribution is 1.12. The van der Waals surface area contributed by atoms with Crippen LogP contribution in [0.3, 0.4) is 0 Å². The molecule has 0 saturated carbocycles. The minimum absolute atomic E-state index is 0.282. The Morgan fingerprint density at radius 2 is 1.85 bits per heavy atom. The predicted octanol–water partition coefficient (Wildman–Crippen LogP) is -0.806. The van der Waals surface area contributed by atoms with E-state index >= 15 is 0 Å². The molecule has 0 amide bonds. The molecule has 0 aliphatic carbocycles. The fraction of sp³-hybridized carbons (Fsp3) is 0. The van der Waals surface area contributed by atoms with E-state index < -0.39 is 11.1 Å². The van der Waals surface area contributed by atoms with Crippen LogP contribution in [0.5, 0.6) is 0 Å². The lowest BCUT2D eigenvalue weighted by atomic mass is 10.4. The number of fused-ring (bicyclic) bond motifs is 1. The summed E-state index contributed by atoms with van der Waals surface area (Å²) in [6.07, 6.45) is 0. The summed E-state index contributed by atoms with van der Waals surface area (Å²) in [5.74, 6) is 0.287. The molecule has 13 heavy (non-hydrogen) atoms. The number of nitrogens with zero attached hydrogens (tertiary/aromatic N) is 1. The Kier molecular flexibility index (Phi) is 1.42. The zero-order valence-corrected chi connectivity index (χ0v) is 6.50. The Morgan fingerprint density at radius 3 is 2.62 bits per heavy atom. The van der Waals surface area contributed by atoms with Crippen molar-refractivity contribution in [2.75, 3.05) is 5.73 Å². The topological polar surface area (TPSA) is 105 Å². The molecular weight excluding hydrogens is 172 g/mol. The minimum Gasteiger partial charge on any atom is -0.384 e. The summed E-state index contributed by atoms with van der Waals surface area (Å²) in [5, 5.41) is 0. The number of aromatic amines is 2. The van der Waals surface area contributed by atoms with Crippen molar-refractivity contribution in [2.24, 2.45) is 0 Å². The number of hydrogen-bond donors (Lipinski definition) is 3. The maximum atomic E-state index is 10.9. The predicted molar refractivity (Wildman–Crippen MR) is 47.4 cm³/mol. The molecule has 66 valence electrons. The van der Waals surface area contributed by atoms with Gasteiger partial charge in [0.25, 0.3) is 0 Å². The molecular formula is C7H6N4O2. The minimum atomic E-state index is -0.731. The monoisotopic (exact) mass is 178 g/mol. The van der Waals surface area contributed by atoms with Gasteiger partial charge < -0.3 is 15.7 Å². The average molecular weight is 178 g/mol. The maximum absolute atomic E-state index is 10.9. The van der Waals surface area contributed by atoms with E-state index in [-0.39, 0.29) is 11.5 Å². The van der Waals surface area contributed by atoms with Gasteiger partial charge in [0.1, 0.15) is 5.82 Å². The van der Waals surface area contributed by atoms with Gasteiger partial charge in [-0.3, -0.25) is 9.59 Å². The van der Waals surface area contributed by atoms with Crippen molar-refractivity contribution in [1.29, 1.82) is 0 Å². The van der Waals surface area contributed by atoms with Gasteiger partial charge in [0.05, 0.1) is 5.52 Å². The van der Waals surface area contributed by atoms with Crippen molar-refractivity contribution >= 4 is 17.0 Å². The molecule has 0 aromatic carbocycles. The highest BCUT2D eigenvalue weighted by Crippen LogP contribution is 2.04. The number of pyridine rings is 1. The second-order valence-electron chi connectivity index (χ2n) is 2.54. The van der Waals surface area contributed by atoms with Crippen LogP contribution in [0.25, 0.3) is 11.2 Å². The van der Waals surface area contributed by atoms with Crippen LogP contribution in [-0.4, -0.2) is 15.0 Å². The van der Waals surface area contributed by atoms with Crippen molar-refractivity contribution in [3.05, 3.63) is 32.8 Å². The summed E-state index contributed by atoms with van der Waals surface area (Å²) in [5.41, 5.74) is 4.70. The molecule has 0 spiro atoms. The van der Waals surface area contributed by atoms with E-state index in [1.165, 1.54) is 6.07 Å². The summed E-state index contributed by atoms with van der Waals surface area (Å²) < 4.78 is 0. The van der Waals surface area contributed by atoms with Crippen molar-refractivity contribution in [3.8, 4) is 0 Å². The van der Waals surface area contributed by atoms with E-state index in [0.717, 1.165) is 0 Å². The number of nitrogens with one attached hydrogen (secondary N) is 2. The molecule has 0 aliphatic rings. The smallest absolute Gasteiger partial charge is 0.315 e. The van der Waals surface area contributed by atoms with Crippen LogP contribution in [0.15, 0.2) is 21.7 Å². The van der Waals surface area contributed by atoms with Gasteiger partial charge in [-0.05, 0) is 12.1 Å². The molecule has 2 heterocycles. The Balaban J connectivity index is 2.97. The largest absolute Gasteiger partial charge is 0.384 e. The van der Waals surface area contributed by atoms with Gasteiger partial charge in [-0.2, -0.15) is 0 Å². The summed E-state index contributed by atoms with van der Waals surface area (Å²) >= 11 is 0. The summed E-state index contributed by atoms with van der Waals surface area (Å²) in [7, 11) is 0. The molecule has 6 heteroatoms. The van der Waals surface area contributed by atoms with E-state index in [0.29, 0.717) is 5.52 Å². The van der Waals surface area contributed by atoms with Crippen LogP contribution in [0.4, 0.5) is 5.82 Å². The molecule has 0 bridgehead atoms. The molecule has 4 N–H and O–H groups in total.